The summed E-state index contributed by atoms with van der Waals surface area (Å²) < 4.78 is 18.1. The van der Waals surface area contributed by atoms with Gasteiger partial charge in [-0.15, -0.1) is 0 Å². The lowest BCUT2D eigenvalue weighted by molar-refractivity contribution is -0.156. The van der Waals surface area contributed by atoms with E-state index in [-0.39, 0.29) is 12.2 Å². The lowest BCUT2D eigenvalue weighted by Crippen LogP contribution is -2.37. The highest BCUT2D eigenvalue weighted by atomic mass is 19.1. The first-order valence-corrected chi connectivity index (χ1v) is 4.65. The van der Waals surface area contributed by atoms with Gasteiger partial charge in [-0.25, -0.2) is 9.18 Å². The summed E-state index contributed by atoms with van der Waals surface area (Å²) in [6.07, 6.45) is -0.219. The number of aliphatic hydroxyl groups is 1. The fourth-order valence-corrected chi connectivity index (χ4v) is 1.37. The molecule has 0 aromatic heterocycles. The van der Waals surface area contributed by atoms with Crippen molar-refractivity contribution >= 4 is 5.97 Å². The van der Waals surface area contributed by atoms with E-state index < -0.39 is 17.4 Å². The molecule has 0 fully saturated rings. The molecule has 0 heterocycles. The third-order valence-corrected chi connectivity index (χ3v) is 2.25. The lowest BCUT2D eigenvalue weighted by Gasteiger charge is -2.19. The Morgan fingerprint density at radius 3 is 2.69 bits per heavy atom. The minimum absolute atomic E-state index is 0.0379. The van der Waals surface area contributed by atoms with Gasteiger partial charge in [-0.2, -0.15) is 0 Å². The normalized spacial score (nSPS) is 14.2. The summed E-state index contributed by atoms with van der Waals surface area (Å²) in [7, 11) is 1.29. The second kappa shape index (κ2) is 4.49. The molecule has 4 nitrogen and oxygen atoms in total. The van der Waals surface area contributed by atoms with Crippen LogP contribution in [0.3, 0.4) is 0 Å². The number of carboxylic acid groups (broad SMARTS) is 1. The quantitative estimate of drug-likeness (QED) is 0.813. The molecule has 0 bridgehead atoms. The predicted octanol–water partition coefficient (Wildman–Crippen LogP) is 1.21. The molecule has 5 heteroatoms. The van der Waals surface area contributed by atoms with Crippen LogP contribution in [0.15, 0.2) is 18.2 Å². The van der Waals surface area contributed by atoms with Crippen LogP contribution in [0.1, 0.15) is 12.5 Å². The van der Waals surface area contributed by atoms with Gasteiger partial charge in [0.25, 0.3) is 0 Å². The second-order valence-corrected chi connectivity index (χ2v) is 3.69. The van der Waals surface area contributed by atoms with E-state index in [1.54, 1.807) is 0 Å². The zero-order chi connectivity index (χ0) is 12.3. The second-order valence-electron chi connectivity index (χ2n) is 3.69. The van der Waals surface area contributed by atoms with Crippen LogP contribution in [0.2, 0.25) is 0 Å². The first-order valence-electron chi connectivity index (χ1n) is 4.65. The molecule has 0 aliphatic rings. The van der Waals surface area contributed by atoms with Crippen molar-refractivity contribution in [3.8, 4) is 5.75 Å². The minimum atomic E-state index is -1.94. The SMILES string of the molecule is COc1c(F)cccc1CC(C)(O)C(=O)O. The van der Waals surface area contributed by atoms with Gasteiger partial charge in [0.05, 0.1) is 7.11 Å². The van der Waals surface area contributed by atoms with Gasteiger partial charge in [0, 0.05) is 12.0 Å². The van der Waals surface area contributed by atoms with E-state index in [0.717, 1.165) is 6.92 Å². The highest BCUT2D eigenvalue weighted by molar-refractivity contribution is 5.77. The van der Waals surface area contributed by atoms with E-state index in [1.165, 1.54) is 25.3 Å². The maximum Gasteiger partial charge on any atom is 0.335 e. The molecule has 0 amide bonds. The molecule has 16 heavy (non-hydrogen) atoms. The number of methoxy groups -OCH3 is 1. The minimum Gasteiger partial charge on any atom is -0.493 e. The Balaban J connectivity index is 3.06. The summed E-state index contributed by atoms with van der Waals surface area (Å²) >= 11 is 0. The van der Waals surface area contributed by atoms with Crippen LogP contribution < -0.4 is 4.74 Å². The van der Waals surface area contributed by atoms with E-state index in [9.17, 15) is 14.3 Å². The smallest absolute Gasteiger partial charge is 0.335 e. The molecule has 1 rings (SSSR count). The third-order valence-electron chi connectivity index (χ3n) is 2.25. The highest BCUT2D eigenvalue weighted by Gasteiger charge is 2.31. The summed E-state index contributed by atoms with van der Waals surface area (Å²) in [5.74, 6) is -1.98. The highest BCUT2D eigenvalue weighted by Crippen LogP contribution is 2.26. The van der Waals surface area contributed by atoms with Gasteiger partial charge in [-0.1, -0.05) is 12.1 Å². The van der Waals surface area contributed by atoms with Crippen molar-refractivity contribution in [2.75, 3.05) is 7.11 Å². The summed E-state index contributed by atoms with van der Waals surface area (Å²) in [4.78, 5) is 10.7. The summed E-state index contributed by atoms with van der Waals surface area (Å²) in [6, 6.07) is 4.16. The maximum absolute atomic E-state index is 13.3. The Kier molecular flexibility index (Phi) is 3.49. The van der Waals surface area contributed by atoms with Crippen LogP contribution in [-0.4, -0.2) is 28.9 Å². The van der Waals surface area contributed by atoms with E-state index >= 15 is 0 Å². The number of hydrogen-bond acceptors (Lipinski definition) is 3. The van der Waals surface area contributed by atoms with Crippen molar-refractivity contribution < 1.29 is 24.1 Å². The molecule has 0 aliphatic carbocycles. The fourth-order valence-electron chi connectivity index (χ4n) is 1.37. The number of benzene rings is 1. The van der Waals surface area contributed by atoms with Crippen molar-refractivity contribution in [1.82, 2.24) is 0 Å². The van der Waals surface area contributed by atoms with Crippen LogP contribution in [0.4, 0.5) is 4.39 Å². The summed E-state index contributed by atoms with van der Waals surface area (Å²) in [6.45, 7) is 1.15. The van der Waals surface area contributed by atoms with Crippen molar-refractivity contribution in [1.29, 1.82) is 0 Å². The molecule has 0 saturated carbocycles. The van der Waals surface area contributed by atoms with Crippen LogP contribution >= 0.6 is 0 Å². The number of ether oxygens (including phenoxy) is 1. The number of para-hydroxylation sites is 1. The van der Waals surface area contributed by atoms with E-state index in [1.807, 2.05) is 0 Å². The molecule has 1 aromatic rings. The molecular weight excluding hydrogens is 215 g/mol. The molecule has 1 atom stereocenters. The monoisotopic (exact) mass is 228 g/mol. The zero-order valence-electron chi connectivity index (χ0n) is 9.03. The molecule has 88 valence electrons. The lowest BCUT2D eigenvalue weighted by atomic mass is 9.96. The van der Waals surface area contributed by atoms with Gasteiger partial charge in [-0.05, 0) is 13.0 Å². The van der Waals surface area contributed by atoms with Crippen LogP contribution in [0, 0.1) is 5.82 Å². The number of carbonyl (C=O) groups is 1. The largest absolute Gasteiger partial charge is 0.493 e. The van der Waals surface area contributed by atoms with Gasteiger partial charge in [0.15, 0.2) is 17.2 Å². The van der Waals surface area contributed by atoms with Crippen molar-refractivity contribution in [3.05, 3.63) is 29.6 Å². The predicted molar refractivity (Wildman–Crippen MR) is 54.9 cm³/mol. The van der Waals surface area contributed by atoms with Gasteiger partial charge in [0.2, 0.25) is 0 Å². The molecule has 0 saturated heterocycles. The average molecular weight is 228 g/mol. The van der Waals surface area contributed by atoms with Crippen molar-refractivity contribution in [2.24, 2.45) is 0 Å². The molecule has 1 aromatic carbocycles. The maximum atomic E-state index is 13.3. The molecule has 0 aliphatic heterocycles. The van der Waals surface area contributed by atoms with Crippen molar-refractivity contribution in [2.45, 2.75) is 18.9 Å². The Hall–Kier alpha value is -1.62. The Bertz CT molecular complexity index is 401. The summed E-state index contributed by atoms with van der Waals surface area (Å²) in [5, 5.41) is 18.3. The van der Waals surface area contributed by atoms with Crippen LogP contribution in [0.5, 0.6) is 5.75 Å². The van der Waals surface area contributed by atoms with Gasteiger partial charge >= 0.3 is 5.97 Å². The van der Waals surface area contributed by atoms with Gasteiger partial charge in [-0.3, -0.25) is 0 Å². The molecule has 0 radical (unpaired) electrons. The zero-order valence-corrected chi connectivity index (χ0v) is 9.03. The first kappa shape index (κ1) is 12.4. The van der Waals surface area contributed by atoms with Gasteiger partial charge in [0.1, 0.15) is 0 Å². The number of rotatable bonds is 4. The van der Waals surface area contributed by atoms with Crippen LogP contribution in [0.25, 0.3) is 0 Å². The Morgan fingerprint density at radius 1 is 1.56 bits per heavy atom. The topological polar surface area (TPSA) is 66.8 Å². The number of aliphatic carboxylic acids is 1. The molecule has 1 unspecified atom stereocenters. The molecular formula is C11H13FO4. The van der Waals surface area contributed by atoms with E-state index in [4.69, 9.17) is 9.84 Å². The summed E-state index contributed by atoms with van der Waals surface area (Å²) in [5.41, 5.74) is -1.63. The average Bonchev–Trinajstić information content (AvgIpc) is 2.17. The van der Waals surface area contributed by atoms with Gasteiger partial charge < -0.3 is 14.9 Å². The Morgan fingerprint density at radius 2 is 2.19 bits per heavy atom. The Labute approximate surface area is 92.3 Å². The molecule has 2 N–H and O–H groups in total. The van der Waals surface area contributed by atoms with Crippen molar-refractivity contribution in [3.63, 3.8) is 0 Å². The number of carboxylic acids is 1. The van der Waals surface area contributed by atoms with Crippen LogP contribution in [-0.2, 0) is 11.2 Å². The first-order chi connectivity index (χ1) is 7.38. The standard InChI is InChI=1S/C11H13FO4/c1-11(15,10(13)14)6-7-4-3-5-8(12)9(7)16-2/h3-5,15H,6H2,1-2H3,(H,13,14). The number of halogens is 1. The number of hydrogen-bond donors (Lipinski definition) is 2. The van der Waals surface area contributed by atoms with E-state index in [0.29, 0.717) is 5.56 Å². The molecule has 0 spiro atoms. The third kappa shape index (κ3) is 2.49. The fraction of sp³-hybridized carbons (Fsp3) is 0.364. The van der Waals surface area contributed by atoms with E-state index in [2.05, 4.69) is 0 Å².